The number of hydrogen-bond acceptors (Lipinski definition) is 3. The lowest BCUT2D eigenvalue weighted by Crippen LogP contribution is -2.11. The summed E-state index contributed by atoms with van der Waals surface area (Å²) in [7, 11) is 0. The molecular weight excluding hydrogens is 326 g/mol. The monoisotopic (exact) mass is 349 g/mol. The zero-order valence-electron chi connectivity index (χ0n) is 14.7. The number of aromatic amines is 1. The van der Waals surface area contributed by atoms with Crippen molar-refractivity contribution in [3.05, 3.63) is 59.9 Å². The van der Waals surface area contributed by atoms with Crippen molar-refractivity contribution in [2.24, 2.45) is 0 Å². The largest absolute Gasteiger partial charge is 0.370 e. The fourth-order valence-corrected chi connectivity index (χ4v) is 3.37. The zero-order chi connectivity index (χ0) is 17.8. The standard InChI is InChI=1S/C21H23N3O2/c25-20(10-4-8-15-6-2-1-3-7-15)22-16-11-12-17-18(14-16)24-21(23-17)19-9-5-13-26-19/h1-3,6-7,11-12,14,19H,4-5,8-10,13H2,(H,22,25)(H,23,24). The van der Waals surface area contributed by atoms with E-state index in [-0.39, 0.29) is 12.0 Å². The number of nitrogens with one attached hydrogen (secondary N) is 2. The molecule has 4 rings (SSSR count). The summed E-state index contributed by atoms with van der Waals surface area (Å²) in [5.41, 5.74) is 3.89. The Balaban J connectivity index is 1.35. The Bertz CT molecular complexity index is 883. The van der Waals surface area contributed by atoms with Gasteiger partial charge in [-0.15, -0.1) is 0 Å². The van der Waals surface area contributed by atoms with Gasteiger partial charge in [-0.05, 0) is 49.4 Å². The second-order valence-electron chi connectivity index (χ2n) is 6.74. The fourth-order valence-electron chi connectivity index (χ4n) is 3.37. The number of carbonyl (C=O) groups excluding carboxylic acids is 1. The minimum Gasteiger partial charge on any atom is -0.370 e. The lowest BCUT2D eigenvalue weighted by molar-refractivity contribution is -0.116. The first-order chi connectivity index (χ1) is 12.8. The van der Waals surface area contributed by atoms with Crippen molar-refractivity contribution in [1.29, 1.82) is 0 Å². The molecule has 26 heavy (non-hydrogen) atoms. The lowest BCUT2D eigenvalue weighted by Gasteiger charge is -2.05. The van der Waals surface area contributed by atoms with Crippen LogP contribution in [0.25, 0.3) is 11.0 Å². The summed E-state index contributed by atoms with van der Waals surface area (Å²) in [6, 6.07) is 16.0. The highest BCUT2D eigenvalue weighted by Gasteiger charge is 2.21. The number of ether oxygens (including phenoxy) is 1. The SMILES string of the molecule is O=C(CCCc1ccccc1)Nc1ccc2nc(C3CCCO3)[nH]c2c1. The topological polar surface area (TPSA) is 67.0 Å². The molecule has 1 aliphatic heterocycles. The summed E-state index contributed by atoms with van der Waals surface area (Å²) in [5, 5.41) is 2.98. The molecule has 0 saturated carbocycles. The highest BCUT2D eigenvalue weighted by atomic mass is 16.5. The van der Waals surface area contributed by atoms with E-state index in [4.69, 9.17) is 4.74 Å². The molecule has 2 N–H and O–H groups in total. The van der Waals surface area contributed by atoms with E-state index in [0.717, 1.165) is 54.8 Å². The van der Waals surface area contributed by atoms with Crippen molar-refractivity contribution in [1.82, 2.24) is 9.97 Å². The Kier molecular flexibility index (Phi) is 4.97. The molecule has 3 aromatic rings. The number of rotatable bonds is 6. The summed E-state index contributed by atoms with van der Waals surface area (Å²) in [6.07, 6.45) is 4.41. The number of aromatic nitrogens is 2. The number of benzene rings is 2. The highest BCUT2D eigenvalue weighted by Crippen LogP contribution is 2.28. The van der Waals surface area contributed by atoms with Gasteiger partial charge in [-0.1, -0.05) is 30.3 Å². The van der Waals surface area contributed by atoms with Gasteiger partial charge in [0.2, 0.25) is 5.91 Å². The molecule has 1 fully saturated rings. The van der Waals surface area contributed by atoms with Crippen LogP contribution in [0.2, 0.25) is 0 Å². The van der Waals surface area contributed by atoms with Crippen LogP contribution < -0.4 is 5.32 Å². The van der Waals surface area contributed by atoms with Crippen LogP contribution in [0.1, 0.15) is 43.2 Å². The third-order valence-corrected chi connectivity index (χ3v) is 4.73. The van der Waals surface area contributed by atoms with Crippen molar-refractivity contribution < 1.29 is 9.53 Å². The number of amides is 1. The first-order valence-corrected chi connectivity index (χ1v) is 9.23. The molecule has 1 atom stereocenters. The minimum absolute atomic E-state index is 0.0409. The lowest BCUT2D eigenvalue weighted by atomic mass is 10.1. The van der Waals surface area contributed by atoms with Gasteiger partial charge < -0.3 is 15.0 Å². The van der Waals surface area contributed by atoms with Gasteiger partial charge in [0.05, 0.1) is 11.0 Å². The Morgan fingerprint density at radius 3 is 2.92 bits per heavy atom. The smallest absolute Gasteiger partial charge is 0.224 e. The average molecular weight is 349 g/mol. The molecule has 0 aliphatic carbocycles. The summed E-state index contributed by atoms with van der Waals surface area (Å²) in [5.74, 6) is 0.919. The van der Waals surface area contributed by atoms with Gasteiger partial charge in [-0.3, -0.25) is 4.79 Å². The molecule has 5 nitrogen and oxygen atoms in total. The van der Waals surface area contributed by atoms with Gasteiger partial charge in [0.25, 0.3) is 0 Å². The van der Waals surface area contributed by atoms with Gasteiger partial charge >= 0.3 is 0 Å². The second-order valence-corrected chi connectivity index (χ2v) is 6.74. The van der Waals surface area contributed by atoms with Crippen LogP contribution >= 0.6 is 0 Å². The highest BCUT2D eigenvalue weighted by molar-refractivity contribution is 5.93. The van der Waals surface area contributed by atoms with Crippen molar-refractivity contribution >= 4 is 22.6 Å². The van der Waals surface area contributed by atoms with E-state index >= 15 is 0 Å². The number of carbonyl (C=O) groups is 1. The number of hydrogen-bond donors (Lipinski definition) is 2. The van der Waals surface area contributed by atoms with Crippen molar-refractivity contribution in [2.45, 2.75) is 38.2 Å². The third-order valence-electron chi connectivity index (χ3n) is 4.73. The van der Waals surface area contributed by atoms with E-state index in [2.05, 4.69) is 27.4 Å². The Hall–Kier alpha value is -2.66. The van der Waals surface area contributed by atoms with E-state index in [1.54, 1.807) is 0 Å². The molecule has 1 saturated heterocycles. The molecular formula is C21H23N3O2. The quantitative estimate of drug-likeness (QED) is 0.694. The fraction of sp³-hybridized carbons (Fsp3) is 0.333. The van der Waals surface area contributed by atoms with Crippen LogP contribution in [-0.4, -0.2) is 22.5 Å². The third kappa shape index (κ3) is 3.94. The van der Waals surface area contributed by atoms with Crippen LogP contribution in [0.4, 0.5) is 5.69 Å². The van der Waals surface area contributed by atoms with Crippen molar-refractivity contribution in [3.8, 4) is 0 Å². The van der Waals surface area contributed by atoms with Crippen LogP contribution in [0.15, 0.2) is 48.5 Å². The molecule has 2 aromatic carbocycles. The Morgan fingerprint density at radius 2 is 2.12 bits per heavy atom. The van der Waals surface area contributed by atoms with E-state index in [1.165, 1.54) is 5.56 Å². The van der Waals surface area contributed by atoms with E-state index in [9.17, 15) is 4.79 Å². The van der Waals surface area contributed by atoms with Crippen LogP contribution in [0, 0.1) is 0 Å². The molecule has 1 aromatic heterocycles. The maximum absolute atomic E-state index is 12.2. The molecule has 0 bridgehead atoms. The summed E-state index contributed by atoms with van der Waals surface area (Å²) < 4.78 is 5.68. The molecule has 0 radical (unpaired) electrons. The number of aryl methyl sites for hydroxylation is 1. The van der Waals surface area contributed by atoms with Gasteiger partial charge in [0.15, 0.2) is 0 Å². The molecule has 1 unspecified atom stereocenters. The maximum atomic E-state index is 12.2. The predicted molar refractivity (Wildman–Crippen MR) is 102 cm³/mol. The van der Waals surface area contributed by atoms with Gasteiger partial charge in [-0.2, -0.15) is 0 Å². The number of H-pyrrole nitrogens is 1. The molecule has 1 aliphatic rings. The van der Waals surface area contributed by atoms with Gasteiger partial charge in [-0.25, -0.2) is 4.98 Å². The molecule has 0 spiro atoms. The summed E-state index contributed by atoms with van der Waals surface area (Å²) in [4.78, 5) is 20.1. The first-order valence-electron chi connectivity index (χ1n) is 9.23. The van der Waals surface area contributed by atoms with Crippen LogP contribution in [0.3, 0.4) is 0 Å². The number of fused-ring (bicyclic) bond motifs is 1. The molecule has 2 heterocycles. The normalized spacial score (nSPS) is 16.8. The maximum Gasteiger partial charge on any atom is 0.224 e. The van der Waals surface area contributed by atoms with Crippen molar-refractivity contribution in [2.75, 3.05) is 11.9 Å². The second kappa shape index (κ2) is 7.70. The molecule has 5 heteroatoms. The van der Waals surface area contributed by atoms with Gasteiger partial charge in [0, 0.05) is 18.7 Å². The molecule has 134 valence electrons. The average Bonchev–Trinajstić information content (AvgIpc) is 3.31. The summed E-state index contributed by atoms with van der Waals surface area (Å²) >= 11 is 0. The minimum atomic E-state index is 0.0409. The number of imidazole rings is 1. The van der Waals surface area contributed by atoms with Crippen LogP contribution in [0.5, 0.6) is 0 Å². The van der Waals surface area contributed by atoms with Crippen molar-refractivity contribution in [3.63, 3.8) is 0 Å². The number of anilines is 1. The Morgan fingerprint density at radius 1 is 1.23 bits per heavy atom. The first kappa shape index (κ1) is 16.8. The van der Waals surface area contributed by atoms with E-state index in [1.807, 2.05) is 36.4 Å². The van der Waals surface area contributed by atoms with E-state index in [0.29, 0.717) is 6.42 Å². The molecule has 1 amide bonds. The van der Waals surface area contributed by atoms with Crippen LogP contribution in [-0.2, 0) is 16.0 Å². The van der Waals surface area contributed by atoms with E-state index < -0.39 is 0 Å². The number of nitrogens with zero attached hydrogens (tertiary/aromatic N) is 1. The predicted octanol–water partition coefficient (Wildman–Crippen LogP) is 4.38. The summed E-state index contributed by atoms with van der Waals surface area (Å²) in [6.45, 7) is 0.798. The zero-order valence-corrected chi connectivity index (χ0v) is 14.7. The Labute approximate surface area is 152 Å². The van der Waals surface area contributed by atoms with Gasteiger partial charge in [0.1, 0.15) is 11.9 Å².